The maximum Gasteiger partial charge on any atom is 0.119 e. The number of aliphatic hydroxyl groups is 2. The first kappa shape index (κ1) is 19.6. The number of rotatable bonds is 7. The minimum absolute atomic E-state index is 0.0816. The number of piperidine rings is 3. The van der Waals surface area contributed by atoms with Crippen LogP contribution in [0.5, 0.6) is 5.75 Å². The first-order valence-electron chi connectivity index (χ1n) is 10.4. The first-order chi connectivity index (χ1) is 13.6. The number of fused-ring (bicyclic) bond motifs is 4. The molecule has 4 heterocycles. The molecular formula is C22H31N3O3. The van der Waals surface area contributed by atoms with Crippen LogP contribution < -0.4 is 10.1 Å². The van der Waals surface area contributed by atoms with Crippen molar-refractivity contribution in [2.24, 2.45) is 11.8 Å². The molecule has 3 aliphatic rings. The number of hydrogen-bond acceptors (Lipinski definition) is 6. The van der Waals surface area contributed by atoms with E-state index in [-0.39, 0.29) is 18.1 Å². The van der Waals surface area contributed by atoms with Gasteiger partial charge in [0, 0.05) is 36.6 Å². The zero-order valence-corrected chi connectivity index (χ0v) is 16.7. The van der Waals surface area contributed by atoms with Gasteiger partial charge in [-0.3, -0.25) is 9.88 Å². The van der Waals surface area contributed by atoms with Crippen molar-refractivity contribution in [1.29, 1.82) is 0 Å². The maximum absolute atomic E-state index is 11.3. The molecule has 152 valence electrons. The average molecular weight is 386 g/mol. The Hall–Kier alpha value is -1.73. The minimum Gasteiger partial charge on any atom is -0.497 e. The van der Waals surface area contributed by atoms with Crippen molar-refractivity contribution in [3.63, 3.8) is 0 Å². The number of ether oxygens (including phenoxy) is 1. The standard InChI is InChI=1S/C22H31N3O3/c1-3-23-12-21(26)18-13-25-9-7-14(18)10-20(25)22(27)16-6-8-24-19-5-4-15(28-2)11-17(16)19/h4-6,8,11,14,18,20-23,26-27H,3,7,9-10,12-13H2,1-2H3/t14-,18-,20-,21?,22+/m0/s1. The molecule has 0 radical (unpaired) electrons. The lowest BCUT2D eigenvalue weighted by Crippen LogP contribution is -2.58. The number of benzene rings is 1. The van der Waals surface area contributed by atoms with Crippen molar-refractivity contribution in [2.75, 3.05) is 33.3 Å². The zero-order chi connectivity index (χ0) is 19.7. The second-order valence-electron chi connectivity index (χ2n) is 8.11. The van der Waals surface area contributed by atoms with Gasteiger partial charge >= 0.3 is 0 Å². The highest BCUT2D eigenvalue weighted by molar-refractivity contribution is 5.83. The van der Waals surface area contributed by atoms with Crippen LogP contribution in [0, 0.1) is 11.8 Å². The van der Waals surface area contributed by atoms with Crippen LogP contribution in [0.15, 0.2) is 30.5 Å². The van der Waals surface area contributed by atoms with E-state index in [1.807, 2.05) is 24.3 Å². The molecule has 6 atom stereocenters. The molecule has 0 aliphatic carbocycles. The van der Waals surface area contributed by atoms with Gasteiger partial charge in [0.25, 0.3) is 0 Å². The fourth-order valence-corrected chi connectivity index (χ4v) is 5.06. The maximum atomic E-state index is 11.3. The Balaban J connectivity index is 1.55. The van der Waals surface area contributed by atoms with Crippen molar-refractivity contribution in [1.82, 2.24) is 15.2 Å². The largest absolute Gasteiger partial charge is 0.497 e. The molecule has 1 aromatic carbocycles. The molecule has 5 rings (SSSR count). The van der Waals surface area contributed by atoms with Crippen LogP contribution in [0.2, 0.25) is 0 Å². The van der Waals surface area contributed by atoms with Gasteiger partial charge in [0.1, 0.15) is 5.75 Å². The third kappa shape index (κ3) is 3.62. The molecule has 3 N–H and O–H groups in total. The first-order valence-corrected chi connectivity index (χ1v) is 10.4. The molecule has 3 fully saturated rings. The highest BCUT2D eigenvalue weighted by Gasteiger charge is 2.45. The van der Waals surface area contributed by atoms with E-state index < -0.39 is 6.10 Å². The van der Waals surface area contributed by atoms with Crippen LogP contribution in [-0.4, -0.2) is 65.5 Å². The number of likely N-dealkylation sites (N-methyl/N-ethyl adjacent to an activating group) is 1. The van der Waals surface area contributed by atoms with E-state index in [1.54, 1.807) is 13.3 Å². The average Bonchev–Trinajstić information content (AvgIpc) is 2.76. The van der Waals surface area contributed by atoms with Crippen LogP contribution >= 0.6 is 0 Å². The van der Waals surface area contributed by atoms with Crippen molar-refractivity contribution in [2.45, 2.75) is 38.0 Å². The highest BCUT2D eigenvalue weighted by Crippen LogP contribution is 2.42. The highest BCUT2D eigenvalue weighted by atomic mass is 16.5. The van der Waals surface area contributed by atoms with E-state index in [9.17, 15) is 10.2 Å². The summed E-state index contributed by atoms with van der Waals surface area (Å²) in [5.74, 6) is 1.51. The van der Waals surface area contributed by atoms with E-state index >= 15 is 0 Å². The Morgan fingerprint density at radius 2 is 2.18 bits per heavy atom. The second-order valence-corrected chi connectivity index (χ2v) is 8.11. The second kappa shape index (κ2) is 8.33. The lowest BCUT2D eigenvalue weighted by Gasteiger charge is -2.52. The normalized spacial score (nSPS) is 29.0. The predicted molar refractivity (Wildman–Crippen MR) is 109 cm³/mol. The number of aromatic nitrogens is 1. The van der Waals surface area contributed by atoms with Gasteiger partial charge in [-0.15, -0.1) is 0 Å². The van der Waals surface area contributed by atoms with Crippen molar-refractivity contribution < 1.29 is 14.9 Å². The van der Waals surface area contributed by atoms with E-state index in [0.29, 0.717) is 12.5 Å². The molecule has 6 heteroatoms. The molecular weight excluding hydrogens is 354 g/mol. The summed E-state index contributed by atoms with van der Waals surface area (Å²) < 4.78 is 5.37. The van der Waals surface area contributed by atoms with Crippen LogP contribution in [0.1, 0.15) is 31.4 Å². The molecule has 2 bridgehead atoms. The van der Waals surface area contributed by atoms with Gasteiger partial charge in [0.05, 0.1) is 24.8 Å². The van der Waals surface area contributed by atoms with Crippen LogP contribution in [0.4, 0.5) is 0 Å². The summed E-state index contributed by atoms with van der Waals surface area (Å²) >= 11 is 0. The molecule has 0 saturated carbocycles. The number of pyridine rings is 1. The van der Waals surface area contributed by atoms with Gasteiger partial charge in [0.2, 0.25) is 0 Å². The molecule has 1 aromatic heterocycles. The number of nitrogens with one attached hydrogen (secondary N) is 1. The minimum atomic E-state index is -0.577. The topological polar surface area (TPSA) is 77.9 Å². The molecule has 28 heavy (non-hydrogen) atoms. The van der Waals surface area contributed by atoms with E-state index in [2.05, 4.69) is 22.1 Å². The summed E-state index contributed by atoms with van der Waals surface area (Å²) in [6.07, 6.45) is 2.89. The smallest absolute Gasteiger partial charge is 0.119 e. The third-order valence-corrected chi connectivity index (χ3v) is 6.61. The fourth-order valence-electron chi connectivity index (χ4n) is 5.06. The summed E-state index contributed by atoms with van der Waals surface area (Å²) in [4.78, 5) is 6.81. The molecule has 6 nitrogen and oxygen atoms in total. The molecule has 0 spiro atoms. The van der Waals surface area contributed by atoms with Crippen molar-refractivity contribution >= 4 is 10.9 Å². The lowest BCUT2D eigenvalue weighted by molar-refractivity contribution is -0.0874. The Morgan fingerprint density at radius 3 is 2.89 bits per heavy atom. The van der Waals surface area contributed by atoms with Gasteiger partial charge < -0.3 is 20.3 Å². The molecule has 3 saturated heterocycles. The van der Waals surface area contributed by atoms with Crippen molar-refractivity contribution in [3.8, 4) is 5.75 Å². The van der Waals surface area contributed by atoms with Crippen LogP contribution in [-0.2, 0) is 0 Å². The number of aliphatic hydroxyl groups excluding tert-OH is 2. The SMILES string of the molecule is CCNCC(O)[C@H]1CN2CC[C@H]1C[C@H]2[C@H](O)c1ccnc2ccc(OC)cc12. The molecule has 2 unspecified atom stereocenters. The Morgan fingerprint density at radius 1 is 1.32 bits per heavy atom. The third-order valence-electron chi connectivity index (χ3n) is 6.61. The summed E-state index contributed by atoms with van der Waals surface area (Å²) in [6.45, 7) is 5.42. The Kier molecular flexibility index (Phi) is 5.83. The van der Waals surface area contributed by atoms with Gasteiger partial charge in [-0.1, -0.05) is 6.92 Å². The number of hydrogen-bond donors (Lipinski definition) is 3. The van der Waals surface area contributed by atoms with E-state index in [1.165, 1.54) is 0 Å². The summed E-state index contributed by atoms with van der Waals surface area (Å²) in [5.41, 5.74) is 1.78. The molecule has 0 amide bonds. The van der Waals surface area contributed by atoms with Gasteiger partial charge in [-0.2, -0.15) is 0 Å². The Bertz CT molecular complexity index is 815. The quantitative estimate of drug-likeness (QED) is 0.676. The van der Waals surface area contributed by atoms with Gasteiger partial charge in [-0.05, 0) is 61.7 Å². The number of nitrogens with zero attached hydrogens (tertiary/aromatic N) is 2. The van der Waals surface area contributed by atoms with E-state index in [4.69, 9.17) is 4.74 Å². The molecule has 2 aromatic rings. The van der Waals surface area contributed by atoms with Crippen molar-refractivity contribution in [3.05, 3.63) is 36.0 Å². The monoisotopic (exact) mass is 385 g/mol. The van der Waals surface area contributed by atoms with Crippen LogP contribution in [0.3, 0.4) is 0 Å². The summed E-state index contributed by atoms with van der Waals surface area (Å²) in [5, 5.41) is 26.1. The predicted octanol–water partition coefficient (Wildman–Crippen LogP) is 1.96. The zero-order valence-electron chi connectivity index (χ0n) is 16.7. The summed E-state index contributed by atoms with van der Waals surface area (Å²) in [7, 11) is 1.65. The number of methoxy groups -OCH3 is 1. The van der Waals surface area contributed by atoms with E-state index in [0.717, 1.165) is 54.7 Å². The van der Waals surface area contributed by atoms with Gasteiger partial charge in [-0.25, -0.2) is 0 Å². The lowest BCUT2D eigenvalue weighted by atomic mass is 9.71. The van der Waals surface area contributed by atoms with Crippen LogP contribution in [0.25, 0.3) is 10.9 Å². The Labute approximate surface area is 166 Å². The van der Waals surface area contributed by atoms with Gasteiger partial charge in [0.15, 0.2) is 0 Å². The summed E-state index contributed by atoms with van der Waals surface area (Å²) in [6, 6.07) is 7.80. The molecule has 3 aliphatic heterocycles. The fraction of sp³-hybridized carbons (Fsp3) is 0.591.